The van der Waals surface area contributed by atoms with Gasteiger partial charge >= 0.3 is 0 Å². The Labute approximate surface area is 154 Å². The second-order valence-corrected chi connectivity index (χ2v) is 6.85. The van der Waals surface area contributed by atoms with Crippen LogP contribution in [0.2, 0.25) is 0 Å². The number of fused-ring (bicyclic) bond motifs is 1. The van der Waals surface area contributed by atoms with Gasteiger partial charge in [0.1, 0.15) is 5.82 Å². The molecule has 0 amide bonds. The van der Waals surface area contributed by atoms with Crippen LogP contribution in [0.1, 0.15) is 0 Å². The largest absolute Gasteiger partial charge is 0.383 e. The zero-order valence-electron chi connectivity index (χ0n) is 15.6. The highest BCUT2D eigenvalue weighted by molar-refractivity contribution is 5.81. The molecule has 1 aromatic heterocycles. The molecule has 4 rings (SSSR count). The summed E-state index contributed by atoms with van der Waals surface area (Å²) in [5.41, 5.74) is 4.66. The Kier molecular flexibility index (Phi) is 4.91. The summed E-state index contributed by atoms with van der Waals surface area (Å²) >= 11 is 0. The molecule has 0 unspecified atom stereocenters. The molecule has 0 aliphatic carbocycles. The number of piperazine rings is 1. The van der Waals surface area contributed by atoms with Gasteiger partial charge in [0.15, 0.2) is 0 Å². The maximum atomic E-state index is 5.19. The Bertz CT molecular complexity index is 881. The van der Waals surface area contributed by atoms with Gasteiger partial charge in [0.2, 0.25) is 0 Å². The topological polar surface area (TPSA) is 33.5 Å². The van der Waals surface area contributed by atoms with E-state index in [1.54, 1.807) is 7.11 Å². The lowest BCUT2D eigenvalue weighted by molar-refractivity contribution is 0.144. The molecule has 2 aromatic carbocycles. The van der Waals surface area contributed by atoms with Crippen LogP contribution in [0.5, 0.6) is 0 Å². The van der Waals surface area contributed by atoms with Crippen molar-refractivity contribution in [1.82, 2.24) is 14.5 Å². The number of methoxy groups -OCH3 is 1. The molecule has 0 bridgehead atoms. The summed E-state index contributed by atoms with van der Waals surface area (Å²) in [7, 11) is 3.86. The number of imidazole rings is 1. The zero-order chi connectivity index (χ0) is 17.9. The van der Waals surface area contributed by atoms with Crippen molar-refractivity contribution in [1.29, 1.82) is 0 Å². The Hall–Kier alpha value is -2.37. The molecular weight excluding hydrogens is 324 g/mol. The molecule has 1 fully saturated rings. The third-order valence-corrected chi connectivity index (χ3v) is 5.24. The van der Waals surface area contributed by atoms with Gasteiger partial charge in [-0.1, -0.05) is 24.3 Å². The van der Waals surface area contributed by atoms with E-state index in [0.29, 0.717) is 0 Å². The van der Waals surface area contributed by atoms with Gasteiger partial charge in [-0.3, -0.25) is 4.90 Å². The third-order valence-electron chi connectivity index (χ3n) is 5.24. The van der Waals surface area contributed by atoms with E-state index in [-0.39, 0.29) is 0 Å². The molecule has 136 valence electrons. The molecule has 1 aliphatic rings. The molecule has 1 aliphatic heterocycles. The molecule has 0 N–H and O–H groups in total. The fourth-order valence-electron chi connectivity index (χ4n) is 3.70. The summed E-state index contributed by atoms with van der Waals surface area (Å²) in [4.78, 5) is 9.77. The molecule has 0 atom stereocenters. The lowest BCUT2D eigenvalue weighted by Crippen LogP contribution is -2.47. The highest BCUT2D eigenvalue weighted by Gasteiger charge is 2.18. The van der Waals surface area contributed by atoms with Gasteiger partial charge < -0.3 is 14.2 Å². The van der Waals surface area contributed by atoms with Crippen molar-refractivity contribution in [3.8, 4) is 11.4 Å². The van der Waals surface area contributed by atoms with Crippen molar-refractivity contribution >= 4 is 16.7 Å². The molecule has 26 heavy (non-hydrogen) atoms. The molecule has 5 heteroatoms. The smallest absolute Gasteiger partial charge is 0.140 e. The number of rotatable bonds is 5. The van der Waals surface area contributed by atoms with Crippen molar-refractivity contribution < 1.29 is 4.74 Å². The second-order valence-electron chi connectivity index (χ2n) is 6.85. The molecule has 1 saturated heterocycles. The molecule has 0 radical (unpaired) electrons. The van der Waals surface area contributed by atoms with Crippen LogP contribution in [0.15, 0.2) is 48.5 Å². The van der Waals surface area contributed by atoms with E-state index < -0.39 is 0 Å². The van der Waals surface area contributed by atoms with Crippen LogP contribution in [0.4, 0.5) is 5.69 Å². The van der Waals surface area contributed by atoms with Crippen LogP contribution in [0.25, 0.3) is 22.4 Å². The first-order valence-electron chi connectivity index (χ1n) is 9.24. The minimum Gasteiger partial charge on any atom is -0.383 e. The average molecular weight is 350 g/mol. The molecule has 3 aromatic rings. The maximum absolute atomic E-state index is 5.19. The zero-order valence-corrected chi connectivity index (χ0v) is 15.6. The van der Waals surface area contributed by atoms with E-state index >= 15 is 0 Å². The van der Waals surface area contributed by atoms with E-state index in [2.05, 4.69) is 63.9 Å². The number of para-hydroxylation sites is 2. The van der Waals surface area contributed by atoms with Crippen LogP contribution in [0.3, 0.4) is 0 Å². The van der Waals surface area contributed by atoms with E-state index in [4.69, 9.17) is 9.72 Å². The van der Waals surface area contributed by atoms with Gasteiger partial charge in [-0.2, -0.15) is 0 Å². The first-order chi connectivity index (χ1) is 12.8. The van der Waals surface area contributed by atoms with Gasteiger partial charge in [-0.15, -0.1) is 0 Å². The summed E-state index contributed by atoms with van der Waals surface area (Å²) in [5.74, 6) is 1.02. The molecule has 0 saturated carbocycles. The van der Waals surface area contributed by atoms with Crippen molar-refractivity contribution in [2.45, 2.75) is 0 Å². The number of benzene rings is 2. The first-order valence-corrected chi connectivity index (χ1v) is 9.24. The lowest BCUT2D eigenvalue weighted by atomic mass is 10.1. The number of aryl methyl sites for hydroxylation is 1. The van der Waals surface area contributed by atoms with Crippen LogP contribution < -0.4 is 4.90 Å². The van der Waals surface area contributed by atoms with Crippen molar-refractivity contribution in [3.05, 3.63) is 48.5 Å². The molecule has 5 nitrogen and oxygen atoms in total. The molecule has 2 heterocycles. The lowest BCUT2D eigenvalue weighted by Gasteiger charge is -2.36. The maximum Gasteiger partial charge on any atom is 0.140 e. The van der Waals surface area contributed by atoms with Crippen molar-refractivity contribution in [2.24, 2.45) is 7.05 Å². The van der Waals surface area contributed by atoms with Gasteiger partial charge in [0.25, 0.3) is 0 Å². The van der Waals surface area contributed by atoms with E-state index in [9.17, 15) is 0 Å². The minimum absolute atomic E-state index is 0.808. The van der Waals surface area contributed by atoms with Gasteiger partial charge in [-0.05, 0) is 24.3 Å². The minimum atomic E-state index is 0.808. The highest BCUT2D eigenvalue weighted by Crippen LogP contribution is 2.27. The van der Waals surface area contributed by atoms with Gasteiger partial charge in [0.05, 0.1) is 17.6 Å². The first kappa shape index (κ1) is 17.1. The SMILES string of the molecule is COCCN1CCN(c2cccc(-c3nc4ccccc4n3C)c2)CC1. The van der Waals surface area contributed by atoms with E-state index in [1.807, 2.05) is 6.07 Å². The fraction of sp³-hybridized carbons (Fsp3) is 0.381. The quantitative estimate of drug-likeness (QED) is 0.708. The summed E-state index contributed by atoms with van der Waals surface area (Å²) in [6.45, 7) is 6.09. The predicted molar refractivity (Wildman–Crippen MR) is 107 cm³/mol. The van der Waals surface area contributed by atoms with Crippen LogP contribution in [-0.4, -0.2) is 60.9 Å². The number of hydrogen-bond acceptors (Lipinski definition) is 4. The summed E-state index contributed by atoms with van der Waals surface area (Å²) in [6.07, 6.45) is 0. The number of aromatic nitrogens is 2. The van der Waals surface area contributed by atoms with E-state index in [1.165, 1.54) is 16.8 Å². The average Bonchev–Trinajstić information content (AvgIpc) is 3.04. The van der Waals surface area contributed by atoms with Crippen LogP contribution in [-0.2, 0) is 11.8 Å². The number of nitrogens with zero attached hydrogens (tertiary/aromatic N) is 4. The Morgan fingerprint density at radius 1 is 1.00 bits per heavy atom. The Morgan fingerprint density at radius 2 is 1.81 bits per heavy atom. The summed E-state index contributed by atoms with van der Waals surface area (Å²) in [6, 6.07) is 17.1. The number of hydrogen-bond donors (Lipinski definition) is 0. The monoisotopic (exact) mass is 350 g/mol. The number of ether oxygens (including phenoxy) is 1. The third kappa shape index (κ3) is 3.32. The number of anilines is 1. The van der Waals surface area contributed by atoms with Gasteiger partial charge in [0, 0.05) is 58.1 Å². The normalized spacial score (nSPS) is 15.7. The van der Waals surface area contributed by atoms with Crippen LogP contribution >= 0.6 is 0 Å². The Balaban J connectivity index is 1.55. The summed E-state index contributed by atoms with van der Waals surface area (Å²) in [5, 5.41) is 0. The van der Waals surface area contributed by atoms with Crippen molar-refractivity contribution in [2.75, 3.05) is 51.3 Å². The fourth-order valence-corrected chi connectivity index (χ4v) is 3.70. The summed E-state index contributed by atoms with van der Waals surface area (Å²) < 4.78 is 7.37. The molecular formula is C21H26N4O. The highest BCUT2D eigenvalue weighted by atomic mass is 16.5. The second kappa shape index (κ2) is 7.48. The predicted octanol–water partition coefficient (Wildman–Crippen LogP) is 3.01. The standard InChI is InChI=1S/C21H26N4O/c1-23-20-9-4-3-8-19(20)22-21(23)17-6-5-7-18(16-17)25-12-10-24(11-13-25)14-15-26-2/h3-9,16H,10-15H2,1-2H3. The van der Waals surface area contributed by atoms with E-state index in [0.717, 1.165) is 50.7 Å². The molecule has 0 spiro atoms. The Morgan fingerprint density at radius 3 is 2.58 bits per heavy atom. The van der Waals surface area contributed by atoms with Crippen molar-refractivity contribution in [3.63, 3.8) is 0 Å². The van der Waals surface area contributed by atoms with Gasteiger partial charge in [-0.25, -0.2) is 4.98 Å². The van der Waals surface area contributed by atoms with Crippen LogP contribution in [0, 0.1) is 0 Å².